The van der Waals surface area contributed by atoms with Crippen LogP contribution in [-0.2, 0) is 9.53 Å². The largest absolute Gasteiger partial charge is 0.497 e. The van der Waals surface area contributed by atoms with Crippen molar-refractivity contribution < 1.29 is 19.1 Å². The molecule has 5 nitrogen and oxygen atoms in total. The van der Waals surface area contributed by atoms with Crippen molar-refractivity contribution in [2.45, 2.75) is 26.3 Å². The van der Waals surface area contributed by atoms with Crippen LogP contribution in [0.15, 0.2) is 54.6 Å². The summed E-state index contributed by atoms with van der Waals surface area (Å²) in [4.78, 5) is 24.3. The van der Waals surface area contributed by atoms with Gasteiger partial charge in [0.15, 0.2) is 6.61 Å². The molecule has 0 aliphatic rings. The number of hydrogen-bond donors (Lipinski definition) is 1. The summed E-state index contributed by atoms with van der Waals surface area (Å²) in [6.45, 7) is 3.89. The minimum Gasteiger partial charge on any atom is -0.497 e. The third-order valence-electron chi connectivity index (χ3n) is 3.90. The molecule has 26 heavy (non-hydrogen) atoms. The second kappa shape index (κ2) is 9.61. The second-order valence-electron chi connectivity index (χ2n) is 6.46. The van der Waals surface area contributed by atoms with E-state index in [-0.39, 0.29) is 18.6 Å². The first kappa shape index (κ1) is 19.5. The molecule has 0 saturated heterocycles. The van der Waals surface area contributed by atoms with Gasteiger partial charge >= 0.3 is 5.97 Å². The van der Waals surface area contributed by atoms with Crippen LogP contribution in [0.3, 0.4) is 0 Å². The highest BCUT2D eigenvalue weighted by molar-refractivity contribution is 5.91. The minimum atomic E-state index is -0.539. The maximum Gasteiger partial charge on any atom is 0.338 e. The Kier molecular flexibility index (Phi) is 7.21. The summed E-state index contributed by atoms with van der Waals surface area (Å²) >= 11 is 0. The Bertz CT molecular complexity index is 711. The van der Waals surface area contributed by atoms with Gasteiger partial charge in [0.1, 0.15) is 5.75 Å². The standard InChI is InChI=1S/C21H25NO4/c1-15(2)13-19(16-7-5-4-6-8-16)22-20(23)14-26-21(24)17-9-11-18(25-3)12-10-17/h4-12,15,19H,13-14H2,1-3H3,(H,22,23). The van der Waals surface area contributed by atoms with E-state index in [1.807, 2.05) is 30.3 Å². The van der Waals surface area contributed by atoms with Crippen molar-refractivity contribution in [1.29, 1.82) is 0 Å². The van der Waals surface area contributed by atoms with E-state index in [1.165, 1.54) is 0 Å². The molecule has 0 radical (unpaired) electrons. The Morgan fingerprint density at radius 3 is 2.23 bits per heavy atom. The lowest BCUT2D eigenvalue weighted by Crippen LogP contribution is -2.33. The molecule has 1 unspecified atom stereocenters. The summed E-state index contributed by atoms with van der Waals surface area (Å²) in [6.07, 6.45) is 0.808. The Morgan fingerprint density at radius 2 is 1.65 bits per heavy atom. The number of nitrogens with one attached hydrogen (secondary N) is 1. The molecule has 2 aromatic rings. The van der Waals surface area contributed by atoms with Crippen LogP contribution in [0.5, 0.6) is 5.75 Å². The average molecular weight is 355 g/mol. The molecule has 5 heteroatoms. The fourth-order valence-electron chi connectivity index (χ4n) is 2.61. The fourth-order valence-corrected chi connectivity index (χ4v) is 2.61. The van der Waals surface area contributed by atoms with Crippen LogP contribution >= 0.6 is 0 Å². The van der Waals surface area contributed by atoms with Crippen LogP contribution in [0.1, 0.15) is 42.2 Å². The van der Waals surface area contributed by atoms with E-state index in [2.05, 4.69) is 19.2 Å². The Labute approximate surface area is 154 Å². The van der Waals surface area contributed by atoms with Gasteiger partial charge in [0.2, 0.25) is 0 Å². The monoisotopic (exact) mass is 355 g/mol. The predicted octanol–water partition coefficient (Wildman–Crippen LogP) is 3.76. The van der Waals surface area contributed by atoms with Crippen LogP contribution in [0.25, 0.3) is 0 Å². The quantitative estimate of drug-likeness (QED) is 0.733. The van der Waals surface area contributed by atoms with Gasteiger partial charge in [0.25, 0.3) is 5.91 Å². The number of carbonyl (C=O) groups is 2. The van der Waals surface area contributed by atoms with Gasteiger partial charge in [-0.1, -0.05) is 44.2 Å². The van der Waals surface area contributed by atoms with Crippen molar-refractivity contribution in [1.82, 2.24) is 5.32 Å². The number of ether oxygens (including phenoxy) is 2. The Morgan fingerprint density at radius 1 is 1.00 bits per heavy atom. The summed E-state index contributed by atoms with van der Waals surface area (Å²) in [5.74, 6) is 0.213. The molecule has 0 fully saturated rings. The molecule has 0 spiro atoms. The van der Waals surface area contributed by atoms with Crippen LogP contribution in [0, 0.1) is 5.92 Å². The smallest absolute Gasteiger partial charge is 0.338 e. The van der Waals surface area contributed by atoms with E-state index in [1.54, 1.807) is 31.4 Å². The molecule has 0 aliphatic carbocycles. The van der Waals surface area contributed by atoms with Gasteiger partial charge in [-0.05, 0) is 42.2 Å². The fraction of sp³-hybridized carbons (Fsp3) is 0.333. The molecule has 0 saturated carbocycles. The van der Waals surface area contributed by atoms with Crippen LogP contribution in [-0.4, -0.2) is 25.6 Å². The summed E-state index contributed by atoms with van der Waals surface area (Å²) in [7, 11) is 1.55. The number of carbonyl (C=O) groups excluding carboxylic acids is 2. The third kappa shape index (κ3) is 5.92. The molecule has 1 atom stereocenters. The van der Waals surface area contributed by atoms with Gasteiger partial charge in [-0.2, -0.15) is 0 Å². The van der Waals surface area contributed by atoms with Gasteiger partial charge in [-0.15, -0.1) is 0 Å². The molecular weight excluding hydrogens is 330 g/mol. The first-order chi connectivity index (χ1) is 12.5. The van der Waals surface area contributed by atoms with Crippen molar-refractivity contribution in [3.05, 3.63) is 65.7 Å². The number of rotatable bonds is 8. The molecule has 2 rings (SSSR count). The first-order valence-electron chi connectivity index (χ1n) is 8.65. The molecule has 0 heterocycles. The van der Waals surface area contributed by atoms with Gasteiger partial charge in [-0.25, -0.2) is 4.79 Å². The summed E-state index contributed by atoms with van der Waals surface area (Å²) in [6, 6.07) is 16.2. The summed E-state index contributed by atoms with van der Waals surface area (Å²) in [5, 5.41) is 2.95. The average Bonchev–Trinajstić information content (AvgIpc) is 2.66. The molecule has 0 aliphatic heterocycles. The van der Waals surface area contributed by atoms with E-state index >= 15 is 0 Å². The lowest BCUT2D eigenvalue weighted by atomic mass is 9.97. The molecule has 1 amide bonds. The zero-order chi connectivity index (χ0) is 18.9. The predicted molar refractivity (Wildman–Crippen MR) is 100 cm³/mol. The molecule has 1 N–H and O–H groups in total. The molecule has 0 bridgehead atoms. The van der Waals surface area contributed by atoms with Crippen LogP contribution in [0.4, 0.5) is 0 Å². The van der Waals surface area contributed by atoms with Gasteiger partial charge in [0.05, 0.1) is 18.7 Å². The highest BCUT2D eigenvalue weighted by Crippen LogP contribution is 2.21. The minimum absolute atomic E-state index is 0.108. The zero-order valence-corrected chi connectivity index (χ0v) is 15.4. The molecule has 0 aromatic heterocycles. The summed E-state index contributed by atoms with van der Waals surface area (Å²) in [5.41, 5.74) is 1.41. The first-order valence-corrected chi connectivity index (χ1v) is 8.65. The van der Waals surface area contributed by atoms with Crippen molar-refractivity contribution >= 4 is 11.9 Å². The van der Waals surface area contributed by atoms with E-state index in [9.17, 15) is 9.59 Å². The van der Waals surface area contributed by atoms with Gasteiger partial charge in [0, 0.05) is 0 Å². The van der Waals surface area contributed by atoms with E-state index in [0.29, 0.717) is 17.2 Å². The molecular formula is C21H25NO4. The van der Waals surface area contributed by atoms with E-state index < -0.39 is 5.97 Å². The second-order valence-corrected chi connectivity index (χ2v) is 6.46. The maximum atomic E-state index is 12.2. The Hall–Kier alpha value is -2.82. The zero-order valence-electron chi connectivity index (χ0n) is 15.4. The normalized spacial score (nSPS) is 11.7. The lowest BCUT2D eigenvalue weighted by Gasteiger charge is -2.21. The maximum absolute atomic E-state index is 12.2. The van der Waals surface area contributed by atoms with Crippen molar-refractivity contribution in [2.75, 3.05) is 13.7 Å². The highest BCUT2D eigenvalue weighted by atomic mass is 16.5. The van der Waals surface area contributed by atoms with Crippen LogP contribution in [0.2, 0.25) is 0 Å². The van der Waals surface area contributed by atoms with E-state index in [4.69, 9.17) is 9.47 Å². The number of benzene rings is 2. The van der Waals surface area contributed by atoms with E-state index in [0.717, 1.165) is 12.0 Å². The number of esters is 1. The SMILES string of the molecule is COc1ccc(C(=O)OCC(=O)NC(CC(C)C)c2ccccc2)cc1. The van der Waals surface area contributed by atoms with Gasteiger partial charge in [-0.3, -0.25) is 4.79 Å². The topological polar surface area (TPSA) is 64.6 Å². The van der Waals surface area contributed by atoms with Gasteiger partial charge < -0.3 is 14.8 Å². The van der Waals surface area contributed by atoms with Crippen molar-refractivity contribution in [3.63, 3.8) is 0 Å². The van der Waals surface area contributed by atoms with Crippen molar-refractivity contribution in [2.24, 2.45) is 5.92 Å². The van der Waals surface area contributed by atoms with Crippen LogP contribution < -0.4 is 10.1 Å². The molecule has 2 aromatic carbocycles. The number of methoxy groups -OCH3 is 1. The summed E-state index contributed by atoms with van der Waals surface area (Å²) < 4.78 is 10.2. The lowest BCUT2D eigenvalue weighted by molar-refractivity contribution is -0.125. The molecule has 138 valence electrons. The third-order valence-corrected chi connectivity index (χ3v) is 3.90. The number of amides is 1. The van der Waals surface area contributed by atoms with Crippen molar-refractivity contribution in [3.8, 4) is 5.75 Å². The highest BCUT2D eigenvalue weighted by Gasteiger charge is 2.17. The number of hydrogen-bond acceptors (Lipinski definition) is 4. The Balaban J connectivity index is 1.91.